The van der Waals surface area contributed by atoms with E-state index in [0.717, 1.165) is 23.3 Å². The van der Waals surface area contributed by atoms with Gasteiger partial charge in [0.1, 0.15) is 23.1 Å². The molecule has 5 heterocycles. The fourth-order valence-corrected chi connectivity index (χ4v) is 4.88. The molecule has 0 saturated carbocycles. The lowest BCUT2D eigenvalue weighted by molar-refractivity contribution is 0.00728. The first-order chi connectivity index (χ1) is 18.6. The zero-order valence-corrected chi connectivity index (χ0v) is 23.0. The second-order valence-corrected chi connectivity index (χ2v) is 11.1. The van der Waals surface area contributed by atoms with Crippen LogP contribution in [0.3, 0.4) is 0 Å². The molecule has 1 aliphatic rings. The van der Waals surface area contributed by atoms with Gasteiger partial charge in [-0.05, 0) is 42.5 Å². The summed E-state index contributed by atoms with van der Waals surface area (Å²) < 4.78 is 1.94. The van der Waals surface area contributed by atoms with Gasteiger partial charge in [-0.25, -0.2) is 14.8 Å². The number of pyridine rings is 2. The third-order valence-electron chi connectivity index (χ3n) is 7.71. The molecule has 3 N–H and O–H groups in total. The van der Waals surface area contributed by atoms with E-state index < -0.39 is 11.6 Å². The van der Waals surface area contributed by atoms with Crippen LogP contribution in [-0.4, -0.2) is 65.6 Å². The van der Waals surface area contributed by atoms with E-state index in [-0.39, 0.29) is 5.41 Å². The maximum absolute atomic E-state index is 12.1. The minimum atomic E-state index is -0.907. The van der Waals surface area contributed by atoms with Crippen LogP contribution in [0.15, 0.2) is 55.1 Å². The van der Waals surface area contributed by atoms with Crippen LogP contribution in [0.1, 0.15) is 40.2 Å². The number of piperazine rings is 1. The number of imidazole rings is 1. The topological polar surface area (TPSA) is 124 Å². The Hall–Kier alpha value is -4.41. The van der Waals surface area contributed by atoms with Crippen LogP contribution in [0.4, 0.5) is 33.9 Å². The largest absolute Gasteiger partial charge is 0.465 e. The summed E-state index contributed by atoms with van der Waals surface area (Å²) in [6.45, 7) is 11.7. The lowest BCUT2D eigenvalue weighted by Crippen LogP contribution is -2.67. The molecular formula is C28H35N9O2. The molecule has 0 spiro atoms. The molecular weight excluding hydrogens is 494 g/mol. The van der Waals surface area contributed by atoms with Crippen LogP contribution in [-0.2, 0) is 6.42 Å². The third kappa shape index (κ3) is 5.29. The molecule has 5 rings (SSSR count). The number of nitrogens with one attached hydrogen (secondary N) is 2. The van der Waals surface area contributed by atoms with Crippen molar-refractivity contribution in [1.29, 1.82) is 0 Å². The minimum absolute atomic E-state index is 0.302. The average molecular weight is 530 g/mol. The molecule has 1 atom stereocenters. The zero-order chi connectivity index (χ0) is 27.8. The summed E-state index contributed by atoms with van der Waals surface area (Å²) in [6.07, 6.45) is 7.33. The monoisotopic (exact) mass is 529 g/mol. The highest BCUT2D eigenvalue weighted by molar-refractivity contribution is 5.68. The predicted octanol–water partition coefficient (Wildman–Crippen LogP) is 5.17. The van der Waals surface area contributed by atoms with Crippen LogP contribution in [0.2, 0.25) is 0 Å². The molecule has 0 aliphatic carbocycles. The van der Waals surface area contributed by atoms with Crippen LogP contribution >= 0.6 is 0 Å². The summed E-state index contributed by atoms with van der Waals surface area (Å²) >= 11 is 0. The Morgan fingerprint density at radius 1 is 1.03 bits per heavy atom. The summed E-state index contributed by atoms with van der Waals surface area (Å²) in [6, 6.07) is 9.77. The lowest BCUT2D eigenvalue weighted by Gasteiger charge is -2.54. The van der Waals surface area contributed by atoms with Gasteiger partial charge in [0.05, 0.1) is 5.54 Å². The quantitative estimate of drug-likeness (QED) is 0.310. The number of hydrogen-bond donors (Lipinski definition) is 3. The molecule has 1 saturated heterocycles. The van der Waals surface area contributed by atoms with Gasteiger partial charge >= 0.3 is 6.09 Å². The fraction of sp³-hybridized carbons (Fsp3) is 0.393. The van der Waals surface area contributed by atoms with Crippen LogP contribution < -0.4 is 15.5 Å². The number of fused-ring (bicyclic) bond motifs is 1. The van der Waals surface area contributed by atoms with Crippen molar-refractivity contribution in [1.82, 2.24) is 29.2 Å². The molecule has 0 aromatic carbocycles. The van der Waals surface area contributed by atoms with Gasteiger partial charge in [0.2, 0.25) is 5.95 Å². The molecule has 39 heavy (non-hydrogen) atoms. The Bertz CT molecular complexity index is 1500. The van der Waals surface area contributed by atoms with Gasteiger partial charge < -0.3 is 25.0 Å². The van der Waals surface area contributed by atoms with Gasteiger partial charge in [-0.1, -0.05) is 27.7 Å². The number of rotatable bonds is 6. The van der Waals surface area contributed by atoms with Crippen molar-refractivity contribution in [2.75, 3.05) is 35.2 Å². The third-order valence-corrected chi connectivity index (χ3v) is 7.71. The van der Waals surface area contributed by atoms with Crippen LogP contribution in [0, 0.1) is 5.41 Å². The normalized spacial score (nSPS) is 17.9. The second-order valence-electron chi connectivity index (χ2n) is 11.1. The molecule has 1 fully saturated rings. The molecule has 11 nitrogen and oxygen atoms in total. The standard InChI is InChI=1S/C28H35N9O2/c1-6-19-7-9-29-21(15-19)32-25-33-22(31-20-8-11-35-12-10-30-23(35)16-20)17-24(34-25)36-13-14-37(26(38)39)28(5,18-36)27(2,3)4/h7-12,15-17H,6,13-14,18H2,1-5H3,(H,38,39)(H2,29,31,32,33,34). The molecule has 204 valence electrons. The smallest absolute Gasteiger partial charge is 0.407 e. The Balaban J connectivity index is 1.52. The van der Waals surface area contributed by atoms with Crippen molar-refractivity contribution in [3.63, 3.8) is 0 Å². The second kappa shape index (κ2) is 10.0. The van der Waals surface area contributed by atoms with Crippen molar-refractivity contribution < 1.29 is 9.90 Å². The zero-order valence-electron chi connectivity index (χ0n) is 23.0. The molecule has 4 aromatic rings. The van der Waals surface area contributed by atoms with E-state index in [1.54, 1.807) is 17.3 Å². The summed E-state index contributed by atoms with van der Waals surface area (Å²) in [5.74, 6) is 2.36. The van der Waals surface area contributed by atoms with Crippen molar-refractivity contribution in [2.24, 2.45) is 5.41 Å². The van der Waals surface area contributed by atoms with Crippen molar-refractivity contribution in [3.05, 3.63) is 60.7 Å². The fourth-order valence-electron chi connectivity index (χ4n) is 4.88. The predicted molar refractivity (Wildman–Crippen MR) is 152 cm³/mol. The molecule has 1 aliphatic heterocycles. The number of carboxylic acid groups (broad SMARTS) is 1. The number of hydrogen-bond acceptors (Lipinski definition) is 8. The molecule has 0 radical (unpaired) electrons. The molecule has 4 aromatic heterocycles. The summed E-state index contributed by atoms with van der Waals surface area (Å²) in [7, 11) is 0. The van der Waals surface area contributed by atoms with Crippen LogP contribution in [0.5, 0.6) is 0 Å². The average Bonchev–Trinajstić information content (AvgIpc) is 3.36. The Morgan fingerprint density at radius 2 is 1.85 bits per heavy atom. The van der Waals surface area contributed by atoms with Crippen molar-refractivity contribution in [3.8, 4) is 0 Å². The number of anilines is 5. The van der Waals surface area contributed by atoms with Crippen molar-refractivity contribution in [2.45, 2.75) is 46.6 Å². The first-order valence-electron chi connectivity index (χ1n) is 13.1. The summed E-state index contributed by atoms with van der Waals surface area (Å²) in [4.78, 5) is 34.2. The van der Waals surface area contributed by atoms with E-state index in [1.807, 2.05) is 54.0 Å². The van der Waals surface area contributed by atoms with E-state index >= 15 is 0 Å². The van der Waals surface area contributed by atoms with Gasteiger partial charge in [-0.15, -0.1) is 0 Å². The number of nitrogens with zero attached hydrogens (tertiary/aromatic N) is 7. The highest BCUT2D eigenvalue weighted by Gasteiger charge is 2.49. The number of aryl methyl sites for hydroxylation is 1. The minimum Gasteiger partial charge on any atom is -0.465 e. The van der Waals surface area contributed by atoms with Gasteiger partial charge in [-0.2, -0.15) is 9.97 Å². The number of amides is 1. The Labute approximate surface area is 227 Å². The first kappa shape index (κ1) is 26.2. The van der Waals surface area contributed by atoms with Gasteiger partial charge in [-0.3, -0.25) is 4.90 Å². The van der Waals surface area contributed by atoms with Crippen molar-refractivity contribution >= 4 is 40.8 Å². The van der Waals surface area contributed by atoms with E-state index in [9.17, 15) is 9.90 Å². The van der Waals surface area contributed by atoms with E-state index in [0.29, 0.717) is 43.0 Å². The van der Waals surface area contributed by atoms with Gasteiger partial charge in [0.15, 0.2) is 0 Å². The lowest BCUT2D eigenvalue weighted by atomic mass is 9.72. The van der Waals surface area contributed by atoms with E-state index in [1.165, 1.54) is 0 Å². The Morgan fingerprint density at radius 3 is 2.59 bits per heavy atom. The summed E-state index contributed by atoms with van der Waals surface area (Å²) in [5.41, 5.74) is 1.88. The first-order valence-corrected chi connectivity index (χ1v) is 13.1. The molecule has 1 amide bonds. The number of carbonyl (C=O) groups is 1. The number of aromatic nitrogens is 5. The molecule has 1 unspecified atom stereocenters. The maximum Gasteiger partial charge on any atom is 0.407 e. The highest BCUT2D eigenvalue weighted by Crippen LogP contribution is 2.39. The van der Waals surface area contributed by atoms with Gasteiger partial charge in [0, 0.05) is 62.2 Å². The molecule has 0 bridgehead atoms. The van der Waals surface area contributed by atoms with E-state index in [2.05, 4.69) is 53.2 Å². The highest BCUT2D eigenvalue weighted by atomic mass is 16.4. The maximum atomic E-state index is 12.1. The molecule has 11 heteroatoms. The summed E-state index contributed by atoms with van der Waals surface area (Å²) in [5, 5.41) is 16.6. The van der Waals surface area contributed by atoms with E-state index in [4.69, 9.17) is 9.97 Å². The Kier molecular flexibility index (Phi) is 6.75. The van der Waals surface area contributed by atoms with Gasteiger partial charge in [0.25, 0.3) is 0 Å². The van der Waals surface area contributed by atoms with Crippen LogP contribution in [0.25, 0.3) is 5.65 Å². The SMILES string of the molecule is CCc1ccnc(Nc2nc(Nc3ccn4ccnc4c3)cc(N3CCN(C(=O)O)C(C)(C(C)(C)C)C3)n2)c1.